The SMILES string of the molecule is Cc1cc(COC(=O)CCc2nc3sc4c(c3c(=O)[nH]2)CCCC4)no1. The van der Waals surface area contributed by atoms with E-state index in [1.807, 2.05) is 0 Å². The van der Waals surface area contributed by atoms with Gasteiger partial charge in [-0.15, -0.1) is 11.3 Å². The number of aromatic amines is 1. The van der Waals surface area contributed by atoms with Crippen molar-refractivity contribution in [2.24, 2.45) is 0 Å². The predicted molar refractivity (Wildman–Crippen MR) is 96.2 cm³/mol. The third-order valence-corrected chi connectivity index (χ3v) is 5.68. The van der Waals surface area contributed by atoms with Crippen molar-refractivity contribution in [2.75, 3.05) is 0 Å². The van der Waals surface area contributed by atoms with Gasteiger partial charge < -0.3 is 14.2 Å². The van der Waals surface area contributed by atoms with Crippen molar-refractivity contribution in [1.29, 1.82) is 0 Å². The fourth-order valence-corrected chi connectivity index (χ4v) is 4.54. The lowest BCUT2D eigenvalue weighted by molar-refractivity contribution is -0.145. The summed E-state index contributed by atoms with van der Waals surface area (Å²) in [5.41, 5.74) is 1.64. The molecule has 136 valence electrons. The maximum atomic E-state index is 12.5. The molecule has 3 aromatic heterocycles. The van der Waals surface area contributed by atoms with Gasteiger partial charge in [0.25, 0.3) is 5.56 Å². The molecule has 0 aliphatic heterocycles. The molecule has 1 aliphatic rings. The van der Waals surface area contributed by atoms with E-state index in [1.165, 1.54) is 16.9 Å². The first kappa shape index (κ1) is 17.0. The molecule has 1 aliphatic carbocycles. The quantitative estimate of drug-likeness (QED) is 0.691. The van der Waals surface area contributed by atoms with Gasteiger partial charge in [-0.3, -0.25) is 9.59 Å². The number of rotatable bonds is 5. The van der Waals surface area contributed by atoms with E-state index in [0.717, 1.165) is 29.5 Å². The molecule has 0 unspecified atom stereocenters. The molecule has 0 atom stereocenters. The molecule has 0 amide bonds. The third kappa shape index (κ3) is 3.41. The average molecular weight is 373 g/mol. The standard InChI is InChI=1S/C18H19N3O4S/c1-10-8-11(21-25-10)9-24-15(22)7-6-14-19-17(23)16-12-4-2-3-5-13(12)26-18(16)20-14/h8H,2-7,9H2,1H3,(H,19,20,23). The van der Waals surface area contributed by atoms with Gasteiger partial charge in [0.2, 0.25) is 0 Å². The summed E-state index contributed by atoms with van der Waals surface area (Å²) in [6, 6.07) is 1.72. The monoisotopic (exact) mass is 373 g/mol. The van der Waals surface area contributed by atoms with E-state index in [4.69, 9.17) is 9.26 Å². The molecule has 0 saturated heterocycles. The van der Waals surface area contributed by atoms with Gasteiger partial charge in [-0.25, -0.2) is 4.98 Å². The molecule has 4 rings (SSSR count). The lowest BCUT2D eigenvalue weighted by Gasteiger charge is -2.09. The Labute approximate surface area is 153 Å². The average Bonchev–Trinajstić information content (AvgIpc) is 3.21. The van der Waals surface area contributed by atoms with Crippen molar-refractivity contribution in [2.45, 2.75) is 52.1 Å². The van der Waals surface area contributed by atoms with Crippen LogP contribution >= 0.6 is 11.3 Å². The van der Waals surface area contributed by atoms with Crippen LogP contribution in [0.4, 0.5) is 0 Å². The maximum absolute atomic E-state index is 12.5. The Kier molecular flexibility index (Phi) is 4.58. The molecule has 1 N–H and O–H groups in total. The van der Waals surface area contributed by atoms with Crippen molar-refractivity contribution >= 4 is 27.5 Å². The highest BCUT2D eigenvalue weighted by Gasteiger charge is 2.20. The van der Waals surface area contributed by atoms with Gasteiger partial charge in [0, 0.05) is 17.4 Å². The van der Waals surface area contributed by atoms with E-state index in [2.05, 4.69) is 15.1 Å². The maximum Gasteiger partial charge on any atom is 0.306 e. The van der Waals surface area contributed by atoms with E-state index in [1.54, 1.807) is 24.3 Å². The largest absolute Gasteiger partial charge is 0.459 e. The van der Waals surface area contributed by atoms with Crippen LogP contribution in [-0.4, -0.2) is 21.1 Å². The minimum atomic E-state index is -0.362. The Morgan fingerprint density at radius 2 is 2.23 bits per heavy atom. The van der Waals surface area contributed by atoms with Crippen LogP contribution in [-0.2, 0) is 35.4 Å². The van der Waals surface area contributed by atoms with Crippen molar-refractivity contribution in [3.05, 3.63) is 44.1 Å². The topological polar surface area (TPSA) is 98.1 Å². The zero-order valence-corrected chi connectivity index (χ0v) is 15.3. The molecule has 0 bridgehead atoms. The second-order valence-electron chi connectivity index (χ2n) is 6.49. The van der Waals surface area contributed by atoms with Crippen LogP contribution in [0.2, 0.25) is 0 Å². The van der Waals surface area contributed by atoms with Gasteiger partial charge in [0.1, 0.15) is 28.7 Å². The Morgan fingerprint density at radius 3 is 3.04 bits per heavy atom. The molecular weight excluding hydrogens is 354 g/mol. The van der Waals surface area contributed by atoms with E-state index < -0.39 is 0 Å². The van der Waals surface area contributed by atoms with Crippen molar-refractivity contribution in [1.82, 2.24) is 15.1 Å². The number of aromatic nitrogens is 3. The smallest absolute Gasteiger partial charge is 0.306 e. The summed E-state index contributed by atoms with van der Waals surface area (Å²) >= 11 is 1.61. The van der Waals surface area contributed by atoms with Gasteiger partial charge in [-0.1, -0.05) is 5.16 Å². The zero-order chi connectivity index (χ0) is 18.1. The molecule has 26 heavy (non-hydrogen) atoms. The predicted octanol–water partition coefficient (Wildman–Crippen LogP) is 2.84. The van der Waals surface area contributed by atoms with Crippen molar-refractivity contribution in [3.8, 4) is 0 Å². The highest BCUT2D eigenvalue weighted by Crippen LogP contribution is 2.33. The van der Waals surface area contributed by atoms with Crippen molar-refractivity contribution in [3.63, 3.8) is 0 Å². The van der Waals surface area contributed by atoms with Crippen LogP contribution in [0.25, 0.3) is 10.2 Å². The van der Waals surface area contributed by atoms with E-state index in [0.29, 0.717) is 23.7 Å². The molecular formula is C18H19N3O4S. The molecule has 0 saturated carbocycles. The normalized spacial score (nSPS) is 13.7. The Morgan fingerprint density at radius 1 is 1.38 bits per heavy atom. The fourth-order valence-electron chi connectivity index (χ4n) is 3.26. The van der Waals surface area contributed by atoms with Gasteiger partial charge >= 0.3 is 5.97 Å². The van der Waals surface area contributed by atoms with Crippen LogP contribution in [0.15, 0.2) is 15.4 Å². The summed E-state index contributed by atoms with van der Waals surface area (Å²) in [5, 5.41) is 4.51. The first-order chi connectivity index (χ1) is 12.6. The van der Waals surface area contributed by atoms with E-state index in [9.17, 15) is 9.59 Å². The third-order valence-electron chi connectivity index (χ3n) is 4.50. The number of H-pyrrole nitrogens is 1. The number of fused-ring (bicyclic) bond motifs is 3. The number of carbonyl (C=O) groups excluding carboxylic acids is 1. The van der Waals surface area contributed by atoms with E-state index >= 15 is 0 Å². The number of ether oxygens (including phenoxy) is 1. The van der Waals surface area contributed by atoms with Crippen LogP contribution in [0, 0.1) is 6.92 Å². The van der Waals surface area contributed by atoms with Gasteiger partial charge in [0.15, 0.2) is 0 Å². The number of nitrogens with zero attached hydrogens (tertiary/aromatic N) is 2. The number of hydrogen-bond acceptors (Lipinski definition) is 7. The summed E-state index contributed by atoms with van der Waals surface area (Å²) in [4.78, 5) is 33.8. The first-order valence-electron chi connectivity index (χ1n) is 8.71. The molecule has 3 heterocycles. The van der Waals surface area contributed by atoms with Crippen LogP contribution in [0.5, 0.6) is 0 Å². The molecule has 3 aromatic rings. The Balaban J connectivity index is 1.42. The van der Waals surface area contributed by atoms with Crippen molar-refractivity contribution < 1.29 is 14.1 Å². The number of carbonyl (C=O) groups is 1. The van der Waals surface area contributed by atoms with Gasteiger partial charge in [0.05, 0.1) is 11.8 Å². The van der Waals surface area contributed by atoms with E-state index in [-0.39, 0.29) is 24.6 Å². The second-order valence-corrected chi connectivity index (χ2v) is 7.58. The number of thiophene rings is 1. The zero-order valence-electron chi connectivity index (χ0n) is 14.5. The summed E-state index contributed by atoms with van der Waals surface area (Å²) in [7, 11) is 0. The second kappa shape index (κ2) is 7.03. The summed E-state index contributed by atoms with van der Waals surface area (Å²) in [6.45, 7) is 1.86. The Hall–Kier alpha value is -2.48. The highest BCUT2D eigenvalue weighted by molar-refractivity contribution is 7.18. The van der Waals surface area contributed by atoms with Crippen LogP contribution in [0.3, 0.4) is 0 Å². The Bertz CT molecular complexity index is 1020. The summed E-state index contributed by atoms with van der Waals surface area (Å²) in [6.07, 6.45) is 4.76. The lowest BCUT2D eigenvalue weighted by atomic mass is 9.97. The minimum absolute atomic E-state index is 0.0802. The molecule has 8 heteroatoms. The number of aryl methyl sites for hydroxylation is 4. The molecule has 0 radical (unpaired) electrons. The summed E-state index contributed by atoms with van der Waals surface area (Å²) in [5.74, 6) is 0.832. The molecule has 0 fully saturated rings. The first-order valence-corrected chi connectivity index (χ1v) is 9.53. The fraction of sp³-hybridized carbons (Fsp3) is 0.444. The number of hydrogen-bond donors (Lipinski definition) is 1. The van der Waals surface area contributed by atoms with Crippen LogP contribution in [0.1, 0.15) is 47.0 Å². The molecule has 0 aromatic carbocycles. The van der Waals surface area contributed by atoms with Crippen LogP contribution < -0.4 is 5.56 Å². The minimum Gasteiger partial charge on any atom is -0.459 e. The highest BCUT2D eigenvalue weighted by atomic mass is 32.1. The van der Waals surface area contributed by atoms with Gasteiger partial charge in [-0.2, -0.15) is 0 Å². The number of esters is 1. The molecule has 0 spiro atoms. The lowest BCUT2D eigenvalue weighted by Crippen LogP contribution is -2.14. The number of nitrogens with one attached hydrogen (secondary N) is 1. The summed E-state index contributed by atoms with van der Waals surface area (Å²) < 4.78 is 10.1. The van der Waals surface area contributed by atoms with Gasteiger partial charge in [-0.05, 0) is 38.2 Å². The molecule has 7 nitrogen and oxygen atoms in total.